The lowest BCUT2D eigenvalue weighted by atomic mass is 9.87. The lowest BCUT2D eigenvalue weighted by Gasteiger charge is -2.27. The van der Waals surface area contributed by atoms with Gasteiger partial charge >= 0.3 is 6.09 Å². The molecule has 132 valence electrons. The van der Waals surface area contributed by atoms with Crippen LogP contribution in [0.3, 0.4) is 0 Å². The zero-order chi connectivity index (χ0) is 17.1. The summed E-state index contributed by atoms with van der Waals surface area (Å²) in [5.41, 5.74) is 0.163. The van der Waals surface area contributed by atoms with Crippen LogP contribution >= 0.6 is 11.6 Å². The summed E-state index contributed by atoms with van der Waals surface area (Å²) in [6.07, 6.45) is 6.00. The van der Waals surface area contributed by atoms with Gasteiger partial charge in [-0.15, -0.1) is 0 Å². The predicted molar refractivity (Wildman–Crippen MR) is 91.5 cm³/mol. The van der Waals surface area contributed by atoms with E-state index in [1.54, 1.807) is 0 Å². The average Bonchev–Trinajstić information content (AvgIpc) is 3.00. The van der Waals surface area contributed by atoms with Crippen molar-refractivity contribution < 1.29 is 9.53 Å². The summed E-state index contributed by atoms with van der Waals surface area (Å²) in [5, 5.41) is 9.16. The summed E-state index contributed by atoms with van der Waals surface area (Å²) in [4.78, 5) is 25.5. The summed E-state index contributed by atoms with van der Waals surface area (Å²) in [6.45, 7) is 3.43. The molecule has 0 bridgehead atoms. The number of nitrogens with zero attached hydrogens (tertiary/aromatic N) is 2. The van der Waals surface area contributed by atoms with Gasteiger partial charge in [0, 0.05) is 19.0 Å². The van der Waals surface area contributed by atoms with Crippen LogP contribution in [0.5, 0.6) is 0 Å². The van der Waals surface area contributed by atoms with E-state index in [1.165, 1.54) is 6.20 Å². The van der Waals surface area contributed by atoms with Crippen LogP contribution in [0.25, 0.3) is 0 Å². The highest BCUT2D eigenvalue weighted by Crippen LogP contribution is 2.26. The second-order valence-electron chi connectivity index (χ2n) is 6.76. The minimum absolute atomic E-state index is 0.117. The molecule has 0 aromatic carbocycles. The monoisotopic (exact) mass is 354 g/mol. The molecule has 1 saturated carbocycles. The molecule has 8 heteroatoms. The van der Waals surface area contributed by atoms with E-state index in [1.807, 2.05) is 4.90 Å². The van der Waals surface area contributed by atoms with Crippen LogP contribution in [0.4, 0.5) is 10.5 Å². The van der Waals surface area contributed by atoms with E-state index in [0.717, 1.165) is 31.6 Å². The zero-order valence-corrected chi connectivity index (χ0v) is 14.5. The summed E-state index contributed by atoms with van der Waals surface area (Å²) in [6, 6.07) is 0.220. The Kier molecular flexibility index (Phi) is 5.28. The molecule has 2 fully saturated rings. The molecule has 1 amide bonds. The van der Waals surface area contributed by atoms with Crippen LogP contribution < -0.4 is 15.8 Å². The Morgan fingerprint density at radius 3 is 2.88 bits per heavy atom. The van der Waals surface area contributed by atoms with Crippen molar-refractivity contribution in [2.45, 2.75) is 51.2 Å². The number of halogens is 1. The number of aromatic amines is 1. The van der Waals surface area contributed by atoms with Gasteiger partial charge in [0.25, 0.3) is 5.56 Å². The molecule has 7 nitrogen and oxygen atoms in total. The van der Waals surface area contributed by atoms with E-state index >= 15 is 0 Å². The minimum atomic E-state index is -0.414. The van der Waals surface area contributed by atoms with Gasteiger partial charge in [-0.25, -0.2) is 9.89 Å². The molecule has 1 saturated heterocycles. The summed E-state index contributed by atoms with van der Waals surface area (Å²) < 4.78 is 5.52. The Bertz CT molecular complexity index is 642. The van der Waals surface area contributed by atoms with Crippen molar-refractivity contribution in [3.05, 3.63) is 21.6 Å². The van der Waals surface area contributed by atoms with Gasteiger partial charge in [-0.3, -0.25) is 4.79 Å². The summed E-state index contributed by atoms with van der Waals surface area (Å²) in [7, 11) is 0. The number of hydrogen-bond donors (Lipinski definition) is 2. The maximum atomic E-state index is 12.1. The van der Waals surface area contributed by atoms with E-state index in [0.29, 0.717) is 25.2 Å². The number of carbonyl (C=O) groups excluding carboxylic acids is 1. The third kappa shape index (κ3) is 4.01. The van der Waals surface area contributed by atoms with Crippen molar-refractivity contribution in [3.63, 3.8) is 0 Å². The maximum Gasteiger partial charge on any atom is 0.407 e. The first-order valence-electron chi connectivity index (χ1n) is 8.48. The van der Waals surface area contributed by atoms with Crippen LogP contribution in [-0.2, 0) is 4.74 Å². The van der Waals surface area contributed by atoms with Crippen LogP contribution in [0.1, 0.15) is 39.0 Å². The molecule has 24 heavy (non-hydrogen) atoms. The molecular formula is C16H23ClN4O3. The molecule has 1 aliphatic heterocycles. The number of anilines is 1. The lowest BCUT2D eigenvalue weighted by Crippen LogP contribution is -2.39. The molecule has 1 atom stereocenters. The van der Waals surface area contributed by atoms with Gasteiger partial charge in [-0.1, -0.05) is 18.5 Å². The summed E-state index contributed by atoms with van der Waals surface area (Å²) >= 11 is 6.02. The Balaban J connectivity index is 1.50. The fraction of sp³-hybridized carbons (Fsp3) is 0.688. The van der Waals surface area contributed by atoms with Crippen molar-refractivity contribution >= 4 is 23.4 Å². The smallest absolute Gasteiger partial charge is 0.407 e. The van der Waals surface area contributed by atoms with Gasteiger partial charge in [0.1, 0.15) is 11.1 Å². The number of aromatic nitrogens is 2. The molecule has 1 aliphatic carbocycles. The third-order valence-electron chi connectivity index (χ3n) is 4.87. The van der Waals surface area contributed by atoms with Crippen LogP contribution in [0.2, 0.25) is 5.02 Å². The molecule has 0 spiro atoms. The molecular weight excluding hydrogens is 332 g/mol. The molecule has 0 unspecified atom stereocenters. The van der Waals surface area contributed by atoms with E-state index in [-0.39, 0.29) is 23.3 Å². The number of rotatable bonds is 3. The standard InChI is InChI=1S/C16H23ClN4O3/c1-10-2-4-11(5-3-10)19-16(23)24-12-6-7-21(9-12)13-8-18-20-15(22)14(13)17/h8,10-12H,2-7,9H2,1H3,(H,19,23)(H,20,22)/t10-,11-,12-/m1/s1. The quantitative estimate of drug-likeness (QED) is 0.869. The Labute approximate surface area is 145 Å². The van der Waals surface area contributed by atoms with Crippen LogP contribution in [0.15, 0.2) is 11.0 Å². The van der Waals surface area contributed by atoms with Crippen LogP contribution in [0, 0.1) is 5.92 Å². The first-order chi connectivity index (χ1) is 11.5. The molecule has 3 rings (SSSR count). The summed E-state index contributed by atoms with van der Waals surface area (Å²) in [5.74, 6) is 0.745. The minimum Gasteiger partial charge on any atom is -0.444 e. The maximum absolute atomic E-state index is 12.1. The van der Waals surface area contributed by atoms with Crippen molar-refractivity contribution in [1.82, 2.24) is 15.5 Å². The SMILES string of the molecule is C[C@H]1CC[C@H](NC(=O)O[C@@H]2CCN(c3cn[nH]c(=O)c3Cl)C2)CC1. The third-order valence-corrected chi connectivity index (χ3v) is 5.24. The second-order valence-corrected chi connectivity index (χ2v) is 7.14. The fourth-order valence-electron chi connectivity index (χ4n) is 3.39. The van der Waals surface area contributed by atoms with Gasteiger partial charge in [0.05, 0.1) is 18.4 Å². The van der Waals surface area contributed by atoms with Crippen molar-refractivity contribution in [2.75, 3.05) is 18.0 Å². The molecule has 1 aromatic rings. The van der Waals surface area contributed by atoms with Gasteiger partial charge in [0.15, 0.2) is 0 Å². The van der Waals surface area contributed by atoms with E-state index < -0.39 is 5.56 Å². The Morgan fingerprint density at radius 1 is 1.38 bits per heavy atom. The highest BCUT2D eigenvalue weighted by atomic mass is 35.5. The number of ether oxygens (including phenoxy) is 1. The van der Waals surface area contributed by atoms with Gasteiger partial charge in [0.2, 0.25) is 0 Å². The van der Waals surface area contributed by atoms with E-state index in [9.17, 15) is 9.59 Å². The normalized spacial score (nSPS) is 27.1. The molecule has 2 heterocycles. The van der Waals surface area contributed by atoms with Crippen LogP contribution in [-0.4, -0.2) is 41.5 Å². The lowest BCUT2D eigenvalue weighted by molar-refractivity contribution is 0.102. The number of hydrogen-bond acceptors (Lipinski definition) is 5. The van der Waals surface area contributed by atoms with Crippen molar-refractivity contribution in [2.24, 2.45) is 5.92 Å². The van der Waals surface area contributed by atoms with Crippen molar-refractivity contribution in [1.29, 1.82) is 0 Å². The second kappa shape index (κ2) is 7.42. The predicted octanol–water partition coefficient (Wildman–Crippen LogP) is 2.31. The van der Waals surface area contributed by atoms with E-state index in [4.69, 9.17) is 16.3 Å². The number of carbonyl (C=O) groups is 1. The average molecular weight is 355 g/mol. The highest BCUT2D eigenvalue weighted by Gasteiger charge is 2.29. The van der Waals surface area contributed by atoms with Crippen molar-refractivity contribution in [3.8, 4) is 0 Å². The number of H-pyrrole nitrogens is 1. The van der Waals surface area contributed by atoms with E-state index in [2.05, 4.69) is 22.4 Å². The molecule has 2 aliphatic rings. The number of nitrogens with one attached hydrogen (secondary N) is 2. The van der Waals surface area contributed by atoms with Gasteiger partial charge < -0.3 is 15.0 Å². The molecule has 1 aromatic heterocycles. The van der Waals surface area contributed by atoms with Gasteiger partial charge in [-0.05, 0) is 31.6 Å². The van der Waals surface area contributed by atoms with Gasteiger partial charge in [-0.2, -0.15) is 5.10 Å². The first-order valence-corrected chi connectivity index (χ1v) is 8.86. The zero-order valence-electron chi connectivity index (χ0n) is 13.8. The Hall–Kier alpha value is -1.76. The highest BCUT2D eigenvalue weighted by molar-refractivity contribution is 6.33. The Morgan fingerprint density at radius 2 is 2.12 bits per heavy atom. The topological polar surface area (TPSA) is 87.3 Å². The fourth-order valence-corrected chi connectivity index (χ4v) is 3.60. The first kappa shape index (κ1) is 17.1. The largest absolute Gasteiger partial charge is 0.444 e. The number of amides is 1. The molecule has 2 N–H and O–H groups in total. The molecule has 0 radical (unpaired) electrons. The number of alkyl carbamates (subject to hydrolysis) is 1.